The average molecular weight is 274 g/mol. The number of aryl methyl sites for hydroxylation is 1. The van der Waals surface area contributed by atoms with E-state index in [1.165, 1.54) is 50.0 Å². The number of fused-ring (bicyclic) bond motifs is 1. The summed E-state index contributed by atoms with van der Waals surface area (Å²) in [5.41, 5.74) is 3.71. The molecular formula is C17H26N2O. The molecule has 2 aliphatic heterocycles. The Morgan fingerprint density at radius 2 is 2.00 bits per heavy atom. The van der Waals surface area contributed by atoms with Gasteiger partial charge >= 0.3 is 0 Å². The van der Waals surface area contributed by atoms with Crippen LogP contribution in [0.25, 0.3) is 0 Å². The van der Waals surface area contributed by atoms with E-state index in [2.05, 4.69) is 28.4 Å². The molecule has 1 fully saturated rings. The van der Waals surface area contributed by atoms with Crippen LogP contribution in [0, 0.1) is 0 Å². The number of hydrogen-bond acceptors (Lipinski definition) is 3. The van der Waals surface area contributed by atoms with Crippen molar-refractivity contribution in [2.24, 2.45) is 0 Å². The Morgan fingerprint density at radius 3 is 2.85 bits per heavy atom. The quantitative estimate of drug-likeness (QED) is 0.886. The van der Waals surface area contributed by atoms with Crippen molar-refractivity contribution in [3.8, 4) is 0 Å². The minimum absolute atomic E-state index is 0.316. The number of aliphatic hydroxyl groups excluding tert-OH is 1. The molecule has 0 aromatic heterocycles. The molecule has 1 aromatic rings. The second-order valence-corrected chi connectivity index (χ2v) is 6.15. The summed E-state index contributed by atoms with van der Waals surface area (Å²) in [5, 5.41) is 13.8. The summed E-state index contributed by atoms with van der Waals surface area (Å²) in [6, 6.07) is 6.41. The van der Waals surface area contributed by atoms with E-state index in [1.807, 2.05) is 0 Å². The van der Waals surface area contributed by atoms with Gasteiger partial charge in [-0.05, 0) is 62.4 Å². The lowest BCUT2D eigenvalue weighted by atomic mass is 9.97. The van der Waals surface area contributed by atoms with E-state index in [-0.39, 0.29) is 6.10 Å². The van der Waals surface area contributed by atoms with Gasteiger partial charge in [-0.2, -0.15) is 0 Å². The molecule has 0 bridgehead atoms. The monoisotopic (exact) mass is 274 g/mol. The summed E-state index contributed by atoms with van der Waals surface area (Å²) in [7, 11) is 0. The molecule has 1 aromatic carbocycles. The molecule has 2 heterocycles. The third-order valence-electron chi connectivity index (χ3n) is 4.62. The summed E-state index contributed by atoms with van der Waals surface area (Å²) in [4.78, 5) is 2.49. The first-order valence-corrected chi connectivity index (χ1v) is 8.10. The third-order valence-corrected chi connectivity index (χ3v) is 4.62. The SMILES string of the molecule is OC(CCN1CCCCC1)c1ccc2c(c1)CCCN2. The highest BCUT2D eigenvalue weighted by molar-refractivity contribution is 5.54. The highest BCUT2D eigenvalue weighted by atomic mass is 16.3. The minimum atomic E-state index is -0.316. The Hall–Kier alpha value is -1.06. The topological polar surface area (TPSA) is 35.5 Å². The van der Waals surface area contributed by atoms with Crippen LogP contribution in [0.1, 0.15) is 49.3 Å². The molecule has 0 aliphatic carbocycles. The number of aliphatic hydroxyl groups is 1. The number of piperidine rings is 1. The number of anilines is 1. The first-order chi connectivity index (χ1) is 9.83. The van der Waals surface area contributed by atoms with E-state index in [9.17, 15) is 5.11 Å². The van der Waals surface area contributed by atoms with Crippen molar-refractivity contribution in [1.82, 2.24) is 4.90 Å². The van der Waals surface area contributed by atoms with Crippen LogP contribution in [0.15, 0.2) is 18.2 Å². The predicted octanol–water partition coefficient (Wildman–Crippen LogP) is 2.95. The number of benzene rings is 1. The summed E-state index contributed by atoms with van der Waals surface area (Å²) in [5.74, 6) is 0. The van der Waals surface area contributed by atoms with Gasteiger partial charge in [0.1, 0.15) is 0 Å². The Bertz CT molecular complexity index is 441. The molecule has 1 atom stereocenters. The molecule has 3 heteroatoms. The zero-order valence-corrected chi connectivity index (χ0v) is 12.3. The van der Waals surface area contributed by atoms with Crippen LogP contribution in [-0.4, -0.2) is 36.2 Å². The summed E-state index contributed by atoms with van der Waals surface area (Å²) in [6.07, 6.45) is 6.88. The number of rotatable bonds is 4. The molecule has 1 saturated heterocycles. The van der Waals surface area contributed by atoms with E-state index >= 15 is 0 Å². The van der Waals surface area contributed by atoms with Gasteiger partial charge in [0.2, 0.25) is 0 Å². The molecule has 2 aliphatic rings. The lowest BCUT2D eigenvalue weighted by molar-refractivity contribution is 0.134. The maximum absolute atomic E-state index is 10.4. The second kappa shape index (κ2) is 6.59. The van der Waals surface area contributed by atoms with E-state index in [0.717, 1.165) is 31.5 Å². The van der Waals surface area contributed by atoms with Crippen molar-refractivity contribution in [3.05, 3.63) is 29.3 Å². The van der Waals surface area contributed by atoms with Gasteiger partial charge in [-0.25, -0.2) is 0 Å². The van der Waals surface area contributed by atoms with Crippen LogP contribution in [0.3, 0.4) is 0 Å². The second-order valence-electron chi connectivity index (χ2n) is 6.15. The van der Waals surface area contributed by atoms with Crippen molar-refractivity contribution in [2.45, 2.75) is 44.6 Å². The van der Waals surface area contributed by atoms with Crippen molar-refractivity contribution in [2.75, 3.05) is 31.5 Å². The highest BCUT2D eigenvalue weighted by Gasteiger charge is 2.15. The minimum Gasteiger partial charge on any atom is -0.388 e. The summed E-state index contributed by atoms with van der Waals surface area (Å²) in [6.45, 7) is 4.52. The molecule has 0 radical (unpaired) electrons. The van der Waals surface area contributed by atoms with E-state index in [0.29, 0.717) is 0 Å². The fraction of sp³-hybridized carbons (Fsp3) is 0.647. The molecular weight excluding hydrogens is 248 g/mol. The smallest absolute Gasteiger partial charge is 0.0802 e. The molecule has 3 rings (SSSR count). The number of likely N-dealkylation sites (tertiary alicyclic amines) is 1. The van der Waals surface area contributed by atoms with Gasteiger partial charge in [0, 0.05) is 18.8 Å². The van der Waals surface area contributed by atoms with E-state index in [4.69, 9.17) is 0 Å². The lowest BCUT2D eigenvalue weighted by Gasteiger charge is -2.27. The molecule has 0 amide bonds. The fourth-order valence-electron chi connectivity index (χ4n) is 3.36. The molecule has 1 unspecified atom stereocenters. The van der Waals surface area contributed by atoms with Gasteiger partial charge in [-0.1, -0.05) is 18.6 Å². The molecule has 0 spiro atoms. The van der Waals surface area contributed by atoms with Crippen LogP contribution in [0.5, 0.6) is 0 Å². The van der Waals surface area contributed by atoms with Gasteiger partial charge in [0.15, 0.2) is 0 Å². The van der Waals surface area contributed by atoms with Crippen LogP contribution in [0.4, 0.5) is 5.69 Å². The van der Waals surface area contributed by atoms with Crippen molar-refractivity contribution >= 4 is 5.69 Å². The van der Waals surface area contributed by atoms with Crippen molar-refractivity contribution < 1.29 is 5.11 Å². The molecule has 20 heavy (non-hydrogen) atoms. The molecule has 3 nitrogen and oxygen atoms in total. The standard InChI is InChI=1S/C17H26N2O/c20-17(8-12-19-10-2-1-3-11-19)15-6-7-16-14(13-15)5-4-9-18-16/h6-7,13,17-18,20H,1-5,8-12H2. The maximum Gasteiger partial charge on any atom is 0.0802 e. The normalized spacial score (nSPS) is 21.1. The first-order valence-electron chi connectivity index (χ1n) is 8.10. The number of hydrogen-bond donors (Lipinski definition) is 2. The third kappa shape index (κ3) is 3.33. The van der Waals surface area contributed by atoms with E-state index in [1.54, 1.807) is 0 Å². The molecule has 0 saturated carbocycles. The van der Waals surface area contributed by atoms with E-state index < -0.39 is 0 Å². The van der Waals surface area contributed by atoms with Crippen LogP contribution in [0.2, 0.25) is 0 Å². The Balaban J connectivity index is 1.57. The van der Waals surface area contributed by atoms with Gasteiger partial charge in [0.25, 0.3) is 0 Å². The maximum atomic E-state index is 10.4. The highest BCUT2D eigenvalue weighted by Crippen LogP contribution is 2.27. The number of nitrogens with zero attached hydrogens (tertiary/aromatic N) is 1. The van der Waals surface area contributed by atoms with Gasteiger partial charge in [0.05, 0.1) is 6.10 Å². The Labute approximate surface area is 122 Å². The number of nitrogens with one attached hydrogen (secondary N) is 1. The van der Waals surface area contributed by atoms with Gasteiger partial charge in [-0.15, -0.1) is 0 Å². The van der Waals surface area contributed by atoms with Crippen molar-refractivity contribution in [3.63, 3.8) is 0 Å². The van der Waals surface area contributed by atoms with Crippen LogP contribution < -0.4 is 5.32 Å². The zero-order chi connectivity index (χ0) is 13.8. The first kappa shape index (κ1) is 13.9. The zero-order valence-electron chi connectivity index (χ0n) is 12.3. The summed E-state index contributed by atoms with van der Waals surface area (Å²) < 4.78 is 0. The average Bonchev–Trinajstić information content (AvgIpc) is 2.53. The van der Waals surface area contributed by atoms with Gasteiger partial charge in [-0.3, -0.25) is 0 Å². The Kier molecular flexibility index (Phi) is 4.58. The predicted molar refractivity (Wildman–Crippen MR) is 83.1 cm³/mol. The van der Waals surface area contributed by atoms with Crippen LogP contribution >= 0.6 is 0 Å². The lowest BCUT2D eigenvalue weighted by Crippen LogP contribution is -2.31. The Morgan fingerprint density at radius 1 is 1.15 bits per heavy atom. The van der Waals surface area contributed by atoms with Crippen LogP contribution in [-0.2, 0) is 6.42 Å². The van der Waals surface area contributed by atoms with Crippen molar-refractivity contribution in [1.29, 1.82) is 0 Å². The van der Waals surface area contributed by atoms with Gasteiger partial charge < -0.3 is 15.3 Å². The fourth-order valence-corrected chi connectivity index (χ4v) is 3.36. The molecule has 2 N–H and O–H groups in total. The molecule has 110 valence electrons. The largest absolute Gasteiger partial charge is 0.388 e. The summed E-state index contributed by atoms with van der Waals surface area (Å²) >= 11 is 0.